The summed E-state index contributed by atoms with van der Waals surface area (Å²) in [6.45, 7) is 3.87. The Bertz CT molecular complexity index is 1200. The Hall–Kier alpha value is -4.13. The summed E-state index contributed by atoms with van der Waals surface area (Å²) in [6, 6.07) is 14.4. The molecule has 7 heteroatoms. The molecule has 0 atom stereocenters. The number of carboxylic acids is 1. The fourth-order valence-corrected chi connectivity index (χ4v) is 3.42. The van der Waals surface area contributed by atoms with E-state index in [0.717, 1.165) is 21.9 Å². The number of benzene rings is 2. The smallest absolute Gasteiger partial charge is 0.426 e. The number of carboxylic acid groups (broad SMARTS) is 1. The SMILES string of the molecule is Cc1cc(C)c(C=C2C(=O)N(C(=O)Oc3ccc(C(=O)O)cc3)c3ccccc32)[nH]1. The highest BCUT2D eigenvalue weighted by Crippen LogP contribution is 2.38. The molecule has 150 valence electrons. The van der Waals surface area contributed by atoms with Gasteiger partial charge in [-0.25, -0.2) is 14.5 Å². The summed E-state index contributed by atoms with van der Waals surface area (Å²) >= 11 is 0. The average Bonchev–Trinajstić information content (AvgIpc) is 3.18. The number of H-pyrrole nitrogens is 1. The number of fused-ring (bicyclic) bond motifs is 1. The number of aryl methyl sites for hydroxylation is 2. The van der Waals surface area contributed by atoms with E-state index < -0.39 is 18.0 Å². The highest BCUT2D eigenvalue weighted by molar-refractivity contribution is 6.41. The first-order chi connectivity index (χ1) is 14.3. The number of rotatable bonds is 3. The van der Waals surface area contributed by atoms with Crippen LogP contribution in [0.1, 0.15) is 32.9 Å². The molecule has 0 saturated carbocycles. The Morgan fingerprint density at radius 2 is 1.77 bits per heavy atom. The van der Waals surface area contributed by atoms with Crippen LogP contribution in [-0.2, 0) is 4.79 Å². The number of aromatic carboxylic acids is 1. The van der Waals surface area contributed by atoms with Crippen molar-refractivity contribution >= 4 is 35.3 Å². The summed E-state index contributed by atoms with van der Waals surface area (Å²) in [5.74, 6) is -1.43. The van der Waals surface area contributed by atoms with Crippen LogP contribution in [0.2, 0.25) is 0 Å². The first-order valence-electron chi connectivity index (χ1n) is 9.22. The van der Waals surface area contributed by atoms with Crippen molar-refractivity contribution in [2.75, 3.05) is 4.90 Å². The molecule has 0 spiro atoms. The van der Waals surface area contributed by atoms with Gasteiger partial charge in [-0.1, -0.05) is 18.2 Å². The number of carbonyl (C=O) groups excluding carboxylic acids is 2. The number of carbonyl (C=O) groups is 3. The number of ether oxygens (including phenoxy) is 1. The summed E-state index contributed by atoms with van der Waals surface area (Å²) < 4.78 is 5.32. The third-order valence-electron chi connectivity index (χ3n) is 4.84. The van der Waals surface area contributed by atoms with Crippen molar-refractivity contribution in [3.05, 3.63) is 82.7 Å². The highest BCUT2D eigenvalue weighted by Gasteiger charge is 2.38. The van der Waals surface area contributed by atoms with Gasteiger partial charge in [-0.3, -0.25) is 4.79 Å². The molecule has 7 nitrogen and oxygen atoms in total. The quantitative estimate of drug-likeness (QED) is 0.632. The molecule has 1 aromatic heterocycles. The number of aromatic amines is 1. The summed E-state index contributed by atoms with van der Waals surface area (Å²) in [7, 11) is 0. The zero-order valence-electron chi connectivity index (χ0n) is 16.3. The number of para-hydroxylation sites is 1. The van der Waals surface area contributed by atoms with Crippen LogP contribution in [0, 0.1) is 13.8 Å². The van der Waals surface area contributed by atoms with Crippen LogP contribution in [0.5, 0.6) is 5.75 Å². The van der Waals surface area contributed by atoms with E-state index in [4.69, 9.17) is 9.84 Å². The third-order valence-corrected chi connectivity index (χ3v) is 4.84. The van der Waals surface area contributed by atoms with Crippen LogP contribution in [0.3, 0.4) is 0 Å². The second-order valence-electron chi connectivity index (χ2n) is 6.96. The lowest BCUT2D eigenvalue weighted by Crippen LogP contribution is -2.35. The van der Waals surface area contributed by atoms with E-state index in [1.54, 1.807) is 30.3 Å². The number of hydrogen-bond acceptors (Lipinski definition) is 4. The molecule has 0 unspecified atom stereocenters. The summed E-state index contributed by atoms with van der Waals surface area (Å²) in [5, 5.41) is 8.98. The molecule has 2 amide bonds. The first-order valence-corrected chi connectivity index (χ1v) is 9.22. The molecular formula is C23H18N2O5. The molecule has 2 aromatic carbocycles. The van der Waals surface area contributed by atoms with Gasteiger partial charge in [-0.15, -0.1) is 0 Å². The van der Waals surface area contributed by atoms with Crippen molar-refractivity contribution in [2.24, 2.45) is 0 Å². The Kier molecular flexibility index (Phi) is 4.71. The molecule has 30 heavy (non-hydrogen) atoms. The molecule has 0 saturated heterocycles. The minimum Gasteiger partial charge on any atom is -0.478 e. The van der Waals surface area contributed by atoms with Crippen LogP contribution >= 0.6 is 0 Å². The number of nitrogens with zero attached hydrogens (tertiary/aromatic N) is 1. The van der Waals surface area contributed by atoms with E-state index >= 15 is 0 Å². The molecular weight excluding hydrogens is 384 g/mol. The van der Waals surface area contributed by atoms with Crippen LogP contribution in [0.15, 0.2) is 54.6 Å². The van der Waals surface area contributed by atoms with Crippen molar-refractivity contribution < 1.29 is 24.2 Å². The van der Waals surface area contributed by atoms with Crippen molar-refractivity contribution in [1.29, 1.82) is 0 Å². The normalized spacial score (nSPS) is 14.1. The van der Waals surface area contributed by atoms with E-state index in [2.05, 4.69) is 4.98 Å². The second kappa shape index (κ2) is 7.36. The van der Waals surface area contributed by atoms with Gasteiger partial charge < -0.3 is 14.8 Å². The topological polar surface area (TPSA) is 99.7 Å². The number of aromatic nitrogens is 1. The van der Waals surface area contributed by atoms with E-state index in [-0.39, 0.29) is 11.3 Å². The Morgan fingerprint density at radius 1 is 1.07 bits per heavy atom. The number of imide groups is 1. The Morgan fingerprint density at radius 3 is 2.40 bits per heavy atom. The van der Waals surface area contributed by atoms with Crippen molar-refractivity contribution in [3.8, 4) is 5.75 Å². The van der Waals surface area contributed by atoms with E-state index in [9.17, 15) is 14.4 Å². The van der Waals surface area contributed by atoms with Gasteiger partial charge in [0.25, 0.3) is 5.91 Å². The van der Waals surface area contributed by atoms with E-state index in [1.165, 1.54) is 24.3 Å². The predicted octanol–water partition coefficient (Wildman–Crippen LogP) is 4.42. The maximum atomic E-state index is 13.1. The van der Waals surface area contributed by atoms with Gasteiger partial charge in [-0.05, 0) is 61.9 Å². The maximum absolute atomic E-state index is 13.1. The second-order valence-corrected chi connectivity index (χ2v) is 6.96. The average molecular weight is 402 g/mol. The minimum atomic E-state index is -1.08. The Labute approximate surface area is 172 Å². The molecule has 1 aliphatic heterocycles. The van der Waals surface area contributed by atoms with Crippen molar-refractivity contribution in [3.63, 3.8) is 0 Å². The van der Waals surface area contributed by atoms with Gasteiger partial charge in [-0.2, -0.15) is 0 Å². The molecule has 0 radical (unpaired) electrons. The van der Waals surface area contributed by atoms with Crippen LogP contribution < -0.4 is 9.64 Å². The lowest BCUT2D eigenvalue weighted by molar-refractivity contribution is -0.112. The fourth-order valence-electron chi connectivity index (χ4n) is 3.42. The molecule has 2 heterocycles. The summed E-state index contributed by atoms with van der Waals surface area (Å²) in [4.78, 5) is 41.1. The molecule has 4 rings (SSSR count). The first kappa shape index (κ1) is 19.2. The van der Waals surface area contributed by atoms with Gasteiger partial charge in [0.05, 0.1) is 16.8 Å². The standard InChI is InChI=1S/C23H18N2O5/c1-13-11-14(2)24-19(13)12-18-17-5-3-4-6-20(17)25(21(18)26)23(29)30-16-9-7-15(8-10-16)22(27)28/h3-12,24H,1-2H3,(H,27,28). The molecule has 0 aliphatic carbocycles. The molecule has 3 aromatic rings. The van der Waals surface area contributed by atoms with E-state index in [0.29, 0.717) is 16.8 Å². The van der Waals surface area contributed by atoms with E-state index in [1.807, 2.05) is 19.9 Å². The summed E-state index contributed by atoms with van der Waals surface area (Å²) in [5.41, 5.74) is 4.27. The lowest BCUT2D eigenvalue weighted by Gasteiger charge is -2.14. The van der Waals surface area contributed by atoms with Gasteiger partial charge in [0, 0.05) is 17.0 Å². The fraction of sp³-hybridized carbons (Fsp3) is 0.0870. The third kappa shape index (κ3) is 3.37. The van der Waals surface area contributed by atoms with Crippen molar-refractivity contribution in [1.82, 2.24) is 4.98 Å². The zero-order chi connectivity index (χ0) is 21.4. The molecule has 0 fully saturated rings. The van der Waals surface area contributed by atoms with Gasteiger partial charge >= 0.3 is 12.1 Å². The lowest BCUT2D eigenvalue weighted by atomic mass is 10.1. The van der Waals surface area contributed by atoms with Gasteiger partial charge in [0.1, 0.15) is 5.75 Å². The molecule has 0 bridgehead atoms. The number of hydrogen-bond donors (Lipinski definition) is 2. The highest BCUT2D eigenvalue weighted by atomic mass is 16.6. The molecule has 1 aliphatic rings. The largest absolute Gasteiger partial charge is 0.478 e. The monoisotopic (exact) mass is 402 g/mol. The predicted molar refractivity (Wildman–Crippen MR) is 111 cm³/mol. The number of nitrogens with one attached hydrogen (secondary N) is 1. The van der Waals surface area contributed by atoms with Crippen molar-refractivity contribution in [2.45, 2.75) is 13.8 Å². The minimum absolute atomic E-state index is 0.0687. The number of amides is 2. The van der Waals surface area contributed by atoms with Crippen LogP contribution in [0.25, 0.3) is 11.6 Å². The zero-order valence-corrected chi connectivity index (χ0v) is 16.3. The van der Waals surface area contributed by atoms with Gasteiger partial charge in [0.2, 0.25) is 0 Å². The summed E-state index contributed by atoms with van der Waals surface area (Å²) in [6.07, 6.45) is 0.872. The Balaban J connectivity index is 1.67. The van der Waals surface area contributed by atoms with Crippen LogP contribution in [0.4, 0.5) is 10.5 Å². The van der Waals surface area contributed by atoms with Gasteiger partial charge in [0.15, 0.2) is 0 Å². The van der Waals surface area contributed by atoms with Crippen LogP contribution in [-0.4, -0.2) is 28.1 Å². The number of anilines is 1. The molecule has 2 N–H and O–H groups in total. The maximum Gasteiger partial charge on any atom is 0.426 e.